The number of hydrogen-bond donors (Lipinski definition) is 0. The lowest BCUT2D eigenvalue weighted by Gasteiger charge is -2.24. The summed E-state index contributed by atoms with van der Waals surface area (Å²) in [5, 5.41) is 0.744. The fourth-order valence-electron chi connectivity index (χ4n) is 2.82. The molecule has 4 nitrogen and oxygen atoms in total. The maximum atomic E-state index is 13.2. The summed E-state index contributed by atoms with van der Waals surface area (Å²) in [6.45, 7) is 7.60. The van der Waals surface area contributed by atoms with Crippen molar-refractivity contribution in [2.75, 3.05) is 37.3 Å². The summed E-state index contributed by atoms with van der Waals surface area (Å²) in [5.41, 5.74) is 0.967. The number of aromatic nitrogens is 1. The van der Waals surface area contributed by atoms with E-state index in [1.165, 1.54) is 11.3 Å². The Kier molecular flexibility index (Phi) is 7.16. The molecule has 0 saturated carbocycles. The van der Waals surface area contributed by atoms with Gasteiger partial charge in [-0.15, -0.1) is 23.1 Å². The monoisotopic (exact) mass is 439 g/mol. The molecule has 3 aromatic rings. The Morgan fingerprint density at radius 1 is 1.15 bits per heavy atom. The Morgan fingerprint density at radius 2 is 1.93 bits per heavy atom. The van der Waals surface area contributed by atoms with Crippen LogP contribution >= 0.6 is 46.0 Å². The first-order valence-corrected chi connectivity index (χ1v) is 12.0. The van der Waals surface area contributed by atoms with E-state index < -0.39 is 0 Å². The summed E-state index contributed by atoms with van der Waals surface area (Å²) >= 11 is 10.6. The number of thiophene rings is 1. The van der Waals surface area contributed by atoms with Gasteiger partial charge in [0.2, 0.25) is 0 Å². The zero-order valence-electron chi connectivity index (χ0n) is 15.6. The number of carbonyl (C=O) groups is 1. The summed E-state index contributed by atoms with van der Waals surface area (Å²) in [5.74, 6) is -0.0381. The van der Waals surface area contributed by atoms with E-state index in [4.69, 9.17) is 16.6 Å². The Hall–Kier alpha value is -1.12. The van der Waals surface area contributed by atoms with Crippen molar-refractivity contribution >= 4 is 67.3 Å². The summed E-state index contributed by atoms with van der Waals surface area (Å²) in [6, 6.07) is 9.73. The van der Waals surface area contributed by atoms with Crippen LogP contribution < -0.4 is 4.90 Å². The minimum absolute atomic E-state index is 0.0381. The summed E-state index contributed by atoms with van der Waals surface area (Å²) in [6.07, 6.45) is 2.05. The van der Waals surface area contributed by atoms with Gasteiger partial charge in [0.05, 0.1) is 19.4 Å². The van der Waals surface area contributed by atoms with Crippen LogP contribution in [0.2, 0.25) is 4.34 Å². The lowest BCUT2D eigenvalue weighted by Crippen LogP contribution is -2.38. The van der Waals surface area contributed by atoms with E-state index >= 15 is 0 Å². The van der Waals surface area contributed by atoms with E-state index in [9.17, 15) is 4.79 Å². The van der Waals surface area contributed by atoms with E-state index in [0.717, 1.165) is 39.9 Å². The van der Waals surface area contributed by atoms with Gasteiger partial charge in [-0.25, -0.2) is 4.98 Å². The third kappa shape index (κ3) is 4.66. The molecule has 0 aliphatic rings. The van der Waals surface area contributed by atoms with Crippen molar-refractivity contribution in [3.8, 4) is 0 Å². The molecule has 0 radical (unpaired) electrons. The summed E-state index contributed by atoms with van der Waals surface area (Å²) < 4.78 is 1.72. The average Bonchev–Trinajstić information content (AvgIpc) is 3.30. The van der Waals surface area contributed by atoms with Gasteiger partial charge in [0.1, 0.15) is 0 Å². The molecule has 8 heteroatoms. The second-order valence-corrected chi connectivity index (χ2v) is 9.46. The van der Waals surface area contributed by atoms with Crippen molar-refractivity contribution < 1.29 is 4.79 Å². The molecule has 0 aliphatic carbocycles. The number of thioether (sulfide) groups is 1. The molecule has 1 aromatic carbocycles. The average molecular weight is 440 g/mol. The Bertz CT molecular complexity index is 920. The zero-order chi connectivity index (χ0) is 19.4. The molecule has 27 heavy (non-hydrogen) atoms. The van der Waals surface area contributed by atoms with Crippen molar-refractivity contribution in [1.29, 1.82) is 0 Å². The fraction of sp³-hybridized carbons (Fsp3) is 0.368. The first kappa shape index (κ1) is 20.6. The molecule has 0 bridgehead atoms. The van der Waals surface area contributed by atoms with Gasteiger partial charge in [0.15, 0.2) is 5.13 Å². The van der Waals surface area contributed by atoms with Crippen LogP contribution in [0.3, 0.4) is 0 Å². The van der Waals surface area contributed by atoms with Gasteiger partial charge in [-0.2, -0.15) is 0 Å². The highest BCUT2D eigenvalue weighted by Crippen LogP contribution is 2.35. The number of fused-ring (bicyclic) bond motifs is 1. The topological polar surface area (TPSA) is 36.4 Å². The van der Waals surface area contributed by atoms with Crippen LogP contribution in [-0.4, -0.2) is 48.2 Å². The van der Waals surface area contributed by atoms with Crippen LogP contribution in [0.5, 0.6) is 0 Å². The number of carbonyl (C=O) groups excluding carboxylic acids is 1. The minimum Gasteiger partial charge on any atom is -0.302 e. The molecule has 3 rings (SSSR count). The van der Waals surface area contributed by atoms with Crippen LogP contribution in [0.1, 0.15) is 23.5 Å². The SMILES string of the molecule is CCN(CC)CCN(C(=O)c1ccc(Cl)s1)c1nc2c(SC)cccc2s1. The molecular formula is C19H22ClN3OS3. The van der Waals surface area contributed by atoms with Gasteiger partial charge in [-0.3, -0.25) is 9.69 Å². The van der Waals surface area contributed by atoms with Gasteiger partial charge < -0.3 is 4.90 Å². The Morgan fingerprint density at radius 3 is 2.56 bits per heavy atom. The molecule has 0 aliphatic heterocycles. The number of para-hydroxylation sites is 1. The van der Waals surface area contributed by atoms with Crippen LogP contribution in [-0.2, 0) is 0 Å². The van der Waals surface area contributed by atoms with Crippen molar-refractivity contribution in [3.63, 3.8) is 0 Å². The number of likely N-dealkylation sites (N-methyl/N-ethyl adjacent to an activating group) is 1. The standard InChI is InChI=1S/C19H22ClN3OS3/c1-4-22(5-2)11-12-23(18(24)15-9-10-16(20)26-15)19-21-17-13(25-3)7-6-8-14(17)27-19/h6-10H,4-5,11-12H2,1-3H3. The highest BCUT2D eigenvalue weighted by Gasteiger charge is 2.23. The molecule has 2 aromatic heterocycles. The van der Waals surface area contributed by atoms with Crippen molar-refractivity contribution in [1.82, 2.24) is 9.88 Å². The van der Waals surface area contributed by atoms with E-state index in [0.29, 0.717) is 15.8 Å². The first-order valence-electron chi connectivity index (χ1n) is 8.80. The van der Waals surface area contributed by atoms with Crippen molar-refractivity contribution in [3.05, 3.63) is 39.5 Å². The predicted molar refractivity (Wildman–Crippen MR) is 120 cm³/mol. The van der Waals surface area contributed by atoms with Gasteiger partial charge in [0, 0.05) is 18.0 Å². The molecule has 144 valence electrons. The van der Waals surface area contributed by atoms with Gasteiger partial charge >= 0.3 is 0 Å². The number of hydrogen-bond acceptors (Lipinski definition) is 6. The molecule has 0 N–H and O–H groups in total. The smallest absolute Gasteiger partial charge is 0.270 e. The number of rotatable bonds is 8. The number of nitrogens with zero attached hydrogens (tertiary/aromatic N) is 3. The third-order valence-corrected chi connectivity index (χ3v) is 7.42. The lowest BCUT2D eigenvalue weighted by atomic mass is 10.3. The highest BCUT2D eigenvalue weighted by atomic mass is 35.5. The molecule has 1 amide bonds. The minimum atomic E-state index is -0.0381. The molecular weight excluding hydrogens is 418 g/mol. The first-order chi connectivity index (χ1) is 13.1. The maximum absolute atomic E-state index is 13.2. The predicted octanol–water partition coefficient (Wildman–Crippen LogP) is 5.72. The van der Waals surface area contributed by atoms with Crippen LogP contribution in [0.4, 0.5) is 5.13 Å². The lowest BCUT2D eigenvalue weighted by molar-refractivity contribution is 0.0987. The van der Waals surface area contributed by atoms with Crippen LogP contribution in [0.25, 0.3) is 10.2 Å². The number of amides is 1. The van der Waals surface area contributed by atoms with E-state index in [-0.39, 0.29) is 5.91 Å². The number of thiazole rings is 1. The Labute approximate surface area is 177 Å². The van der Waals surface area contributed by atoms with Gasteiger partial charge in [-0.1, -0.05) is 42.9 Å². The highest BCUT2D eigenvalue weighted by molar-refractivity contribution is 7.98. The largest absolute Gasteiger partial charge is 0.302 e. The number of halogens is 1. The molecule has 0 fully saturated rings. The van der Waals surface area contributed by atoms with Gasteiger partial charge in [0.25, 0.3) is 5.91 Å². The summed E-state index contributed by atoms with van der Waals surface area (Å²) in [4.78, 5) is 23.9. The van der Waals surface area contributed by atoms with Crippen molar-refractivity contribution in [2.24, 2.45) is 0 Å². The molecule has 0 unspecified atom stereocenters. The molecule has 0 saturated heterocycles. The summed E-state index contributed by atoms with van der Waals surface area (Å²) in [7, 11) is 0. The fourth-order valence-corrected chi connectivity index (χ4v) is 5.46. The maximum Gasteiger partial charge on any atom is 0.270 e. The Balaban J connectivity index is 1.97. The molecule has 0 atom stereocenters. The molecule has 2 heterocycles. The van der Waals surface area contributed by atoms with E-state index in [2.05, 4.69) is 30.9 Å². The quantitative estimate of drug-likeness (QED) is 0.420. The number of benzene rings is 1. The molecule has 0 spiro atoms. The van der Waals surface area contributed by atoms with E-state index in [1.807, 2.05) is 12.3 Å². The van der Waals surface area contributed by atoms with Crippen molar-refractivity contribution in [2.45, 2.75) is 18.7 Å². The second kappa shape index (κ2) is 9.39. The van der Waals surface area contributed by atoms with E-state index in [1.54, 1.807) is 40.1 Å². The normalized spacial score (nSPS) is 11.4. The van der Waals surface area contributed by atoms with Crippen LogP contribution in [0.15, 0.2) is 35.2 Å². The third-order valence-electron chi connectivity index (χ3n) is 4.38. The zero-order valence-corrected chi connectivity index (χ0v) is 18.8. The second-order valence-electron chi connectivity index (χ2n) is 5.89. The number of anilines is 1. The van der Waals surface area contributed by atoms with Crippen LogP contribution in [0, 0.1) is 0 Å². The van der Waals surface area contributed by atoms with Gasteiger partial charge in [-0.05, 0) is 43.6 Å².